The van der Waals surface area contributed by atoms with Gasteiger partial charge in [0.05, 0.1) is 0 Å². The first-order valence-corrected chi connectivity index (χ1v) is 6.61. The summed E-state index contributed by atoms with van der Waals surface area (Å²) in [7, 11) is 0. The molecule has 0 saturated heterocycles. The van der Waals surface area contributed by atoms with Gasteiger partial charge in [0.2, 0.25) is 0 Å². The number of benzene rings is 2. The van der Waals surface area contributed by atoms with Crippen molar-refractivity contribution in [3.05, 3.63) is 64.7 Å². The van der Waals surface area contributed by atoms with Crippen LogP contribution in [0.2, 0.25) is 0 Å². The van der Waals surface area contributed by atoms with Crippen LogP contribution in [0.15, 0.2) is 42.5 Å². The molecule has 1 unspecified atom stereocenters. The number of para-hydroxylation sites is 1. The Morgan fingerprint density at radius 2 is 1.79 bits per heavy atom. The van der Waals surface area contributed by atoms with E-state index in [1.165, 1.54) is 5.56 Å². The van der Waals surface area contributed by atoms with Crippen molar-refractivity contribution in [2.24, 2.45) is 0 Å². The highest BCUT2D eigenvalue weighted by molar-refractivity contribution is 5.90. The zero-order valence-corrected chi connectivity index (χ0v) is 11.1. The van der Waals surface area contributed by atoms with E-state index < -0.39 is 0 Å². The molecule has 0 aromatic heterocycles. The SMILES string of the molecule is CCc1ccccc1C1C(=O)Oc2c(C)cccc21. The Balaban J connectivity index is 2.17. The number of aryl methyl sites for hydroxylation is 2. The van der Waals surface area contributed by atoms with Crippen LogP contribution in [0.5, 0.6) is 5.75 Å². The van der Waals surface area contributed by atoms with Crippen molar-refractivity contribution in [1.29, 1.82) is 0 Å². The minimum absolute atomic E-state index is 0.162. The van der Waals surface area contributed by atoms with Gasteiger partial charge in [0.25, 0.3) is 0 Å². The number of carbonyl (C=O) groups excluding carboxylic acids is 1. The fourth-order valence-electron chi connectivity index (χ4n) is 2.76. The first-order valence-electron chi connectivity index (χ1n) is 6.61. The molecule has 1 atom stereocenters. The Hall–Kier alpha value is -2.09. The smallest absolute Gasteiger partial charge is 0.323 e. The first kappa shape index (κ1) is 12.0. The Labute approximate surface area is 113 Å². The van der Waals surface area contributed by atoms with Gasteiger partial charge >= 0.3 is 5.97 Å². The molecule has 2 heteroatoms. The van der Waals surface area contributed by atoms with Crippen LogP contribution in [0.1, 0.15) is 35.1 Å². The lowest BCUT2D eigenvalue weighted by Crippen LogP contribution is -2.13. The highest BCUT2D eigenvalue weighted by atomic mass is 16.5. The number of hydrogen-bond acceptors (Lipinski definition) is 2. The fourth-order valence-corrected chi connectivity index (χ4v) is 2.76. The molecule has 2 aromatic carbocycles. The van der Waals surface area contributed by atoms with Crippen LogP contribution < -0.4 is 4.74 Å². The van der Waals surface area contributed by atoms with Crippen molar-refractivity contribution in [1.82, 2.24) is 0 Å². The van der Waals surface area contributed by atoms with Gasteiger partial charge in [-0.2, -0.15) is 0 Å². The third kappa shape index (κ3) is 1.84. The van der Waals surface area contributed by atoms with E-state index in [0.29, 0.717) is 0 Å². The molecule has 0 bridgehead atoms. The maximum absolute atomic E-state index is 12.2. The van der Waals surface area contributed by atoms with Gasteiger partial charge < -0.3 is 4.74 Å². The van der Waals surface area contributed by atoms with Crippen LogP contribution in [0, 0.1) is 6.92 Å². The lowest BCUT2D eigenvalue weighted by atomic mass is 9.88. The van der Waals surface area contributed by atoms with Crippen LogP contribution in [0.3, 0.4) is 0 Å². The number of ether oxygens (including phenoxy) is 1. The lowest BCUT2D eigenvalue weighted by Gasteiger charge is -2.12. The molecule has 0 saturated carbocycles. The van der Waals surface area contributed by atoms with E-state index in [9.17, 15) is 4.79 Å². The number of hydrogen-bond donors (Lipinski definition) is 0. The lowest BCUT2D eigenvalue weighted by molar-refractivity contribution is -0.133. The molecule has 1 aliphatic heterocycles. The van der Waals surface area contributed by atoms with E-state index in [0.717, 1.165) is 28.9 Å². The van der Waals surface area contributed by atoms with Crippen LogP contribution in [-0.2, 0) is 11.2 Å². The molecule has 19 heavy (non-hydrogen) atoms. The van der Waals surface area contributed by atoms with Crippen LogP contribution in [0.25, 0.3) is 0 Å². The van der Waals surface area contributed by atoms with Gasteiger partial charge in [0, 0.05) is 5.56 Å². The van der Waals surface area contributed by atoms with E-state index in [2.05, 4.69) is 13.0 Å². The molecule has 2 nitrogen and oxygen atoms in total. The summed E-state index contributed by atoms with van der Waals surface area (Å²) >= 11 is 0. The van der Waals surface area contributed by atoms with Gasteiger partial charge in [-0.1, -0.05) is 49.4 Å². The summed E-state index contributed by atoms with van der Waals surface area (Å²) in [5, 5.41) is 0. The van der Waals surface area contributed by atoms with Crippen LogP contribution in [-0.4, -0.2) is 5.97 Å². The third-order valence-electron chi connectivity index (χ3n) is 3.74. The molecule has 96 valence electrons. The molecule has 1 aliphatic rings. The predicted octanol–water partition coefficient (Wildman–Crippen LogP) is 3.61. The molecule has 0 fully saturated rings. The summed E-state index contributed by atoms with van der Waals surface area (Å²) in [6, 6.07) is 14.1. The van der Waals surface area contributed by atoms with Gasteiger partial charge in [-0.15, -0.1) is 0 Å². The van der Waals surface area contributed by atoms with Gasteiger partial charge in [-0.25, -0.2) is 0 Å². The number of fused-ring (bicyclic) bond motifs is 1. The minimum atomic E-state index is -0.272. The molecule has 0 radical (unpaired) electrons. The Morgan fingerprint density at radius 1 is 1.05 bits per heavy atom. The molecule has 0 N–H and O–H groups in total. The van der Waals surface area contributed by atoms with Crippen molar-refractivity contribution in [3.8, 4) is 5.75 Å². The summed E-state index contributed by atoms with van der Waals surface area (Å²) in [4.78, 5) is 12.2. The molecule has 0 aliphatic carbocycles. The number of carbonyl (C=O) groups is 1. The minimum Gasteiger partial charge on any atom is -0.425 e. The maximum atomic E-state index is 12.2. The summed E-state index contributed by atoms with van der Waals surface area (Å²) in [5.41, 5.74) is 4.28. The molecule has 0 spiro atoms. The molecule has 2 aromatic rings. The Morgan fingerprint density at radius 3 is 2.58 bits per heavy atom. The highest BCUT2D eigenvalue weighted by Crippen LogP contribution is 2.41. The fraction of sp³-hybridized carbons (Fsp3) is 0.235. The van der Waals surface area contributed by atoms with E-state index in [4.69, 9.17) is 4.74 Å². The van der Waals surface area contributed by atoms with Crippen molar-refractivity contribution in [3.63, 3.8) is 0 Å². The van der Waals surface area contributed by atoms with Gasteiger partial charge in [0.1, 0.15) is 11.7 Å². The number of rotatable bonds is 2. The quantitative estimate of drug-likeness (QED) is 0.603. The molecule has 0 amide bonds. The standard InChI is InChI=1S/C17H16O2/c1-3-12-8-4-5-9-13(12)15-14-10-6-7-11(2)16(14)19-17(15)18/h4-10,15H,3H2,1-2H3. The van der Waals surface area contributed by atoms with Gasteiger partial charge in [-0.3, -0.25) is 4.79 Å². The maximum Gasteiger partial charge on any atom is 0.323 e. The van der Waals surface area contributed by atoms with Crippen molar-refractivity contribution in [2.45, 2.75) is 26.2 Å². The van der Waals surface area contributed by atoms with E-state index in [1.807, 2.05) is 43.3 Å². The average molecular weight is 252 g/mol. The van der Waals surface area contributed by atoms with Crippen LogP contribution >= 0.6 is 0 Å². The van der Waals surface area contributed by atoms with Crippen molar-refractivity contribution < 1.29 is 9.53 Å². The van der Waals surface area contributed by atoms with E-state index in [1.54, 1.807) is 0 Å². The monoisotopic (exact) mass is 252 g/mol. The second-order valence-electron chi connectivity index (χ2n) is 4.90. The summed E-state index contributed by atoms with van der Waals surface area (Å²) < 4.78 is 5.47. The zero-order chi connectivity index (χ0) is 13.4. The third-order valence-corrected chi connectivity index (χ3v) is 3.74. The normalized spacial score (nSPS) is 17.2. The average Bonchev–Trinajstić information content (AvgIpc) is 2.76. The van der Waals surface area contributed by atoms with E-state index >= 15 is 0 Å². The molecular weight excluding hydrogens is 236 g/mol. The molecule has 1 heterocycles. The predicted molar refractivity (Wildman–Crippen MR) is 74.5 cm³/mol. The Bertz CT molecular complexity index is 643. The van der Waals surface area contributed by atoms with Gasteiger partial charge in [0.15, 0.2) is 0 Å². The first-order chi connectivity index (χ1) is 9.22. The summed E-state index contributed by atoms with van der Waals surface area (Å²) in [6.07, 6.45) is 0.918. The van der Waals surface area contributed by atoms with Crippen molar-refractivity contribution >= 4 is 5.97 Å². The van der Waals surface area contributed by atoms with Crippen molar-refractivity contribution in [2.75, 3.05) is 0 Å². The van der Waals surface area contributed by atoms with Crippen LogP contribution in [0.4, 0.5) is 0 Å². The summed E-state index contributed by atoms with van der Waals surface area (Å²) in [5.74, 6) is 0.305. The second-order valence-corrected chi connectivity index (χ2v) is 4.90. The highest BCUT2D eigenvalue weighted by Gasteiger charge is 2.36. The number of esters is 1. The Kier molecular flexibility index (Phi) is 2.86. The largest absolute Gasteiger partial charge is 0.425 e. The topological polar surface area (TPSA) is 26.3 Å². The summed E-state index contributed by atoms with van der Waals surface area (Å²) in [6.45, 7) is 4.08. The second kappa shape index (κ2) is 4.54. The van der Waals surface area contributed by atoms with Gasteiger partial charge in [-0.05, 0) is 30.0 Å². The van der Waals surface area contributed by atoms with E-state index in [-0.39, 0.29) is 11.9 Å². The molecule has 3 rings (SSSR count). The molecular formula is C17H16O2. The zero-order valence-electron chi connectivity index (χ0n) is 11.1.